The van der Waals surface area contributed by atoms with Gasteiger partial charge in [-0.05, 0) is 37.5 Å². The van der Waals surface area contributed by atoms with Crippen molar-refractivity contribution >= 4 is 23.4 Å². The Kier molecular flexibility index (Phi) is 8.70. The maximum Gasteiger partial charge on any atom is 0.308 e. The lowest BCUT2D eigenvalue weighted by Gasteiger charge is -2.38. The smallest absolute Gasteiger partial charge is 0.308 e. The molecule has 0 spiro atoms. The second kappa shape index (κ2) is 12.2. The first kappa shape index (κ1) is 28.6. The number of carbonyl (C=O) groups excluding carboxylic acids is 1. The number of aliphatic carboxylic acids is 1. The number of hydrogen-bond donors (Lipinski definition) is 4. The molecule has 4 aromatic rings. The summed E-state index contributed by atoms with van der Waals surface area (Å²) in [7, 11) is 1.88. The van der Waals surface area contributed by atoms with Crippen molar-refractivity contribution in [2.45, 2.75) is 26.3 Å². The number of nitrogens with one attached hydrogen (secondary N) is 3. The molecule has 1 saturated heterocycles. The molecule has 0 saturated carbocycles. The van der Waals surface area contributed by atoms with Crippen LogP contribution in [0.4, 0.5) is 11.5 Å². The predicted octanol–water partition coefficient (Wildman–Crippen LogP) is 5.10. The molecule has 1 aromatic heterocycles. The average Bonchev–Trinajstić information content (AvgIpc) is 3.25. The molecular weight excluding hydrogens is 502 g/mol. The topological polar surface area (TPSA) is 108 Å². The van der Waals surface area contributed by atoms with Crippen molar-refractivity contribution < 1.29 is 14.7 Å². The maximum atomic E-state index is 12.7. The van der Waals surface area contributed by atoms with Crippen LogP contribution in [-0.4, -0.2) is 39.9 Å². The van der Waals surface area contributed by atoms with Gasteiger partial charge in [0, 0.05) is 20.1 Å². The molecule has 208 valence electrons. The highest BCUT2D eigenvalue weighted by molar-refractivity contribution is 5.96. The van der Waals surface area contributed by atoms with Crippen LogP contribution in [-0.2, 0) is 22.2 Å². The number of benzene rings is 3. The average molecular weight is 540 g/mol. The summed E-state index contributed by atoms with van der Waals surface area (Å²) in [6.07, 6.45) is 1.71. The highest BCUT2D eigenvalue weighted by Gasteiger charge is 2.38. The molecule has 1 aliphatic rings. The summed E-state index contributed by atoms with van der Waals surface area (Å²) in [6.45, 7) is 6.40. The number of aryl methyl sites for hydroxylation is 1. The molecule has 1 aliphatic heterocycles. The highest BCUT2D eigenvalue weighted by atomic mass is 16.4. The fourth-order valence-electron chi connectivity index (χ4n) is 4.34. The summed E-state index contributed by atoms with van der Waals surface area (Å²) in [4.78, 5) is 22.7. The van der Waals surface area contributed by atoms with Crippen molar-refractivity contribution in [3.63, 3.8) is 0 Å². The van der Waals surface area contributed by atoms with Gasteiger partial charge in [-0.2, -0.15) is 5.10 Å². The van der Waals surface area contributed by atoms with Gasteiger partial charge in [-0.25, -0.2) is 0 Å². The Bertz CT molecular complexity index is 1310. The number of aromatic nitrogens is 2. The molecule has 8 nitrogen and oxygen atoms in total. The molecular formula is C32H37N5O3. The van der Waals surface area contributed by atoms with Crippen LogP contribution < -0.4 is 16.0 Å². The third-order valence-electron chi connectivity index (χ3n) is 6.92. The Hall–Kier alpha value is -4.43. The molecule has 8 heteroatoms. The third-order valence-corrected chi connectivity index (χ3v) is 6.92. The molecule has 40 heavy (non-hydrogen) atoms. The molecule has 1 amide bonds. The van der Waals surface area contributed by atoms with Gasteiger partial charge < -0.3 is 21.1 Å². The number of anilines is 2. The van der Waals surface area contributed by atoms with E-state index in [0.717, 1.165) is 22.5 Å². The molecule has 0 unspecified atom stereocenters. The van der Waals surface area contributed by atoms with Gasteiger partial charge in [0.15, 0.2) is 0 Å². The summed E-state index contributed by atoms with van der Waals surface area (Å²) in [5.41, 5.74) is 2.65. The van der Waals surface area contributed by atoms with E-state index >= 15 is 0 Å². The number of carbonyl (C=O) groups is 2. The second-order valence-electron chi connectivity index (χ2n) is 10.9. The lowest BCUT2D eigenvalue weighted by molar-refractivity contribution is -0.145. The molecule has 0 bridgehead atoms. The molecule has 4 N–H and O–H groups in total. The van der Waals surface area contributed by atoms with Crippen LogP contribution in [0.15, 0.2) is 97.2 Å². The fraction of sp³-hybridized carbons (Fsp3) is 0.281. The van der Waals surface area contributed by atoms with Crippen LogP contribution in [0.25, 0.3) is 0 Å². The van der Waals surface area contributed by atoms with E-state index in [1.807, 2.05) is 61.6 Å². The van der Waals surface area contributed by atoms with E-state index in [-0.39, 0.29) is 11.8 Å². The van der Waals surface area contributed by atoms with Crippen LogP contribution in [0.3, 0.4) is 0 Å². The standard InChI is InChI=1S/C27H27N5O.C5H10O2/c1-32-25(24(19-29-32)30-26(33)20-17-28-18-20)31-27(21-11-5-2-6-12-21,22-13-7-3-8-14-22)23-15-9-4-10-16-23;1-5(2,3)4(6)7/h2-16,19-20,28,31H,17-18H2,1H3,(H,30,33);1-3H3,(H,6,7). The summed E-state index contributed by atoms with van der Waals surface area (Å²) in [5, 5.41) is 22.8. The highest BCUT2D eigenvalue weighted by Crippen LogP contribution is 2.41. The van der Waals surface area contributed by atoms with Crippen LogP contribution in [0.2, 0.25) is 0 Å². The number of carboxylic acids is 1. The minimum absolute atomic E-state index is 0.00883. The maximum absolute atomic E-state index is 12.7. The van der Waals surface area contributed by atoms with E-state index in [2.05, 4.69) is 57.4 Å². The van der Waals surface area contributed by atoms with Crippen LogP contribution in [0, 0.1) is 11.3 Å². The minimum atomic E-state index is -0.757. The molecule has 0 radical (unpaired) electrons. The van der Waals surface area contributed by atoms with E-state index < -0.39 is 16.9 Å². The first-order chi connectivity index (χ1) is 19.1. The van der Waals surface area contributed by atoms with Crippen LogP contribution in [0.5, 0.6) is 0 Å². The third kappa shape index (κ3) is 6.24. The summed E-state index contributed by atoms with van der Waals surface area (Å²) < 4.78 is 1.78. The van der Waals surface area contributed by atoms with Gasteiger partial charge in [0.05, 0.1) is 17.5 Å². The van der Waals surface area contributed by atoms with E-state index in [9.17, 15) is 9.59 Å². The number of carboxylic acid groups (broad SMARTS) is 1. The van der Waals surface area contributed by atoms with Crippen molar-refractivity contribution in [1.82, 2.24) is 15.1 Å². The lowest BCUT2D eigenvalue weighted by atomic mass is 9.77. The quantitative estimate of drug-likeness (QED) is 0.244. The van der Waals surface area contributed by atoms with Crippen LogP contribution >= 0.6 is 0 Å². The molecule has 2 heterocycles. The number of rotatable bonds is 7. The zero-order chi connectivity index (χ0) is 28.8. The Balaban J connectivity index is 0.000000470. The summed E-state index contributed by atoms with van der Waals surface area (Å²) in [6, 6.07) is 31.1. The number of amides is 1. The summed E-state index contributed by atoms with van der Waals surface area (Å²) >= 11 is 0. The van der Waals surface area contributed by atoms with Crippen molar-refractivity contribution in [3.05, 3.63) is 114 Å². The van der Waals surface area contributed by atoms with Crippen molar-refractivity contribution in [3.8, 4) is 0 Å². The number of nitrogens with zero attached hydrogens (tertiary/aromatic N) is 2. The Morgan fingerprint density at radius 1 is 0.850 bits per heavy atom. The van der Waals surface area contributed by atoms with E-state index in [0.29, 0.717) is 18.8 Å². The van der Waals surface area contributed by atoms with Gasteiger partial charge in [0.25, 0.3) is 0 Å². The van der Waals surface area contributed by atoms with Gasteiger partial charge in [-0.3, -0.25) is 14.3 Å². The van der Waals surface area contributed by atoms with Gasteiger partial charge in [0.1, 0.15) is 17.0 Å². The monoisotopic (exact) mass is 539 g/mol. The van der Waals surface area contributed by atoms with Gasteiger partial charge in [-0.1, -0.05) is 91.0 Å². The zero-order valence-electron chi connectivity index (χ0n) is 23.4. The van der Waals surface area contributed by atoms with Gasteiger partial charge in [-0.15, -0.1) is 0 Å². The SMILES string of the molecule is CC(C)(C)C(=O)O.Cn1ncc(NC(=O)C2CNC2)c1NC(c1ccccc1)(c1ccccc1)c1ccccc1. The Morgan fingerprint density at radius 3 is 1.62 bits per heavy atom. The molecule has 0 aliphatic carbocycles. The molecule has 0 atom stereocenters. The van der Waals surface area contributed by atoms with E-state index in [4.69, 9.17) is 5.11 Å². The van der Waals surface area contributed by atoms with E-state index in [1.165, 1.54) is 0 Å². The largest absolute Gasteiger partial charge is 0.481 e. The molecule has 3 aromatic carbocycles. The van der Waals surface area contributed by atoms with Crippen LogP contribution in [0.1, 0.15) is 37.5 Å². The van der Waals surface area contributed by atoms with Crippen molar-refractivity contribution in [1.29, 1.82) is 0 Å². The van der Waals surface area contributed by atoms with Crippen molar-refractivity contribution in [2.24, 2.45) is 18.4 Å². The minimum Gasteiger partial charge on any atom is -0.481 e. The predicted molar refractivity (Wildman–Crippen MR) is 158 cm³/mol. The van der Waals surface area contributed by atoms with Gasteiger partial charge in [0.2, 0.25) is 5.91 Å². The Labute approximate surface area is 235 Å². The Morgan fingerprint density at radius 2 is 1.27 bits per heavy atom. The van der Waals surface area contributed by atoms with Gasteiger partial charge >= 0.3 is 5.97 Å². The number of hydrogen-bond acceptors (Lipinski definition) is 5. The first-order valence-electron chi connectivity index (χ1n) is 13.3. The summed E-state index contributed by atoms with van der Waals surface area (Å²) in [5.74, 6) is -0.0191. The normalized spacial score (nSPS) is 13.4. The fourth-order valence-corrected chi connectivity index (χ4v) is 4.34. The second-order valence-corrected chi connectivity index (χ2v) is 10.9. The zero-order valence-corrected chi connectivity index (χ0v) is 23.4. The van der Waals surface area contributed by atoms with Crippen molar-refractivity contribution in [2.75, 3.05) is 23.7 Å². The van der Waals surface area contributed by atoms with E-state index in [1.54, 1.807) is 31.6 Å². The molecule has 1 fully saturated rings. The first-order valence-corrected chi connectivity index (χ1v) is 13.3. The lowest BCUT2D eigenvalue weighted by Crippen LogP contribution is -2.48. The molecule has 5 rings (SSSR count).